The zero-order chi connectivity index (χ0) is 12.2. The predicted octanol–water partition coefficient (Wildman–Crippen LogP) is 4.70. The molecule has 0 heterocycles. The molecule has 0 aromatic heterocycles. The highest BCUT2D eigenvalue weighted by Gasteiger charge is 2.27. The van der Waals surface area contributed by atoms with Crippen molar-refractivity contribution < 1.29 is 8.78 Å². The van der Waals surface area contributed by atoms with E-state index in [0.29, 0.717) is 6.42 Å². The lowest BCUT2D eigenvalue weighted by atomic mass is 9.81. The van der Waals surface area contributed by atoms with Gasteiger partial charge >= 0.3 is 0 Å². The van der Waals surface area contributed by atoms with Crippen LogP contribution in [0, 0.1) is 11.8 Å². The Hall–Kier alpha value is -0.920. The van der Waals surface area contributed by atoms with Gasteiger partial charge in [0.15, 0.2) is 0 Å². The first-order valence-corrected chi connectivity index (χ1v) is 5.57. The maximum atomic E-state index is 12.8. The molecule has 0 spiro atoms. The summed E-state index contributed by atoms with van der Waals surface area (Å²) < 4.78 is 25.6. The van der Waals surface area contributed by atoms with E-state index in [4.69, 9.17) is 0 Å². The molecule has 0 saturated carbocycles. The molecule has 0 nitrogen and oxygen atoms in total. The lowest BCUT2D eigenvalue weighted by Crippen LogP contribution is -2.18. The average molecular weight is 225 g/mol. The second-order valence-corrected chi connectivity index (χ2v) is 5.11. The third kappa shape index (κ3) is 5.24. The average Bonchev–Trinajstić information content (AvgIpc) is 2.15. The van der Waals surface area contributed by atoms with Crippen LogP contribution in [-0.4, -0.2) is 5.92 Å². The molecule has 1 aromatic rings. The number of alkyl halides is 2. The van der Waals surface area contributed by atoms with Crippen LogP contribution in [0.1, 0.15) is 39.2 Å². The quantitative estimate of drug-likeness (QED) is 0.681. The molecule has 0 aliphatic heterocycles. The lowest BCUT2D eigenvalue weighted by Gasteiger charge is -2.25. The van der Waals surface area contributed by atoms with Crippen molar-refractivity contribution in [2.24, 2.45) is 5.41 Å². The Labute approximate surface area is 96.7 Å². The first-order chi connectivity index (χ1) is 7.29. The van der Waals surface area contributed by atoms with Crippen LogP contribution in [0.15, 0.2) is 30.3 Å². The largest absolute Gasteiger partial charge is 0.245 e. The number of halogens is 2. The van der Waals surface area contributed by atoms with Crippen molar-refractivity contribution in [1.29, 1.82) is 0 Å². The summed E-state index contributed by atoms with van der Waals surface area (Å²) in [5.41, 5.74) is 0.896. The Morgan fingerprint density at radius 2 is 1.56 bits per heavy atom. The highest BCUT2D eigenvalue weighted by molar-refractivity contribution is 5.24. The van der Waals surface area contributed by atoms with E-state index in [2.05, 4.69) is 6.42 Å². The van der Waals surface area contributed by atoms with Gasteiger partial charge in [0, 0.05) is 6.42 Å². The Balaban J connectivity index is 2.52. The lowest BCUT2D eigenvalue weighted by molar-refractivity contribution is 0.00358. The molecule has 1 radical (unpaired) electrons. The molecule has 0 aliphatic rings. The van der Waals surface area contributed by atoms with Crippen LogP contribution in [0.5, 0.6) is 0 Å². The summed E-state index contributed by atoms with van der Waals surface area (Å²) in [5, 5.41) is 0. The van der Waals surface area contributed by atoms with Crippen LogP contribution in [0.3, 0.4) is 0 Å². The summed E-state index contributed by atoms with van der Waals surface area (Å²) in [6.07, 6.45) is 2.48. The Bertz CT molecular complexity index is 309. The fraction of sp³-hybridized carbons (Fsp3) is 0.500. The minimum absolute atomic E-state index is 0.0661. The summed E-state index contributed by atoms with van der Waals surface area (Å²) in [6.45, 7) is 4.96. The number of rotatable bonds is 5. The number of benzene rings is 1. The minimum Gasteiger partial charge on any atom is -0.207 e. The third-order valence-corrected chi connectivity index (χ3v) is 2.57. The molecule has 0 N–H and O–H groups in total. The molecule has 0 unspecified atom stereocenters. The predicted molar refractivity (Wildman–Crippen MR) is 63.5 cm³/mol. The summed E-state index contributed by atoms with van der Waals surface area (Å²) in [7, 11) is 0. The van der Waals surface area contributed by atoms with Gasteiger partial charge in [-0.25, -0.2) is 8.78 Å². The zero-order valence-corrected chi connectivity index (χ0v) is 10.1. The summed E-state index contributed by atoms with van der Waals surface area (Å²) in [5.74, 6) is -2.57. The highest BCUT2D eigenvalue weighted by atomic mass is 19.3. The van der Waals surface area contributed by atoms with Crippen molar-refractivity contribution in [2.75, 3.05) is 0 Å². The Kier molecular flexibility index (Phi) is 4.06. The van der Waals surface area contributed by atoms with Gasteiger partial charge in [-0.2, -0.15) is 0 Å². The molecule has 0 atom stereocenters. The molecule has 0 amide bonds. The molecule has 0 bridgehead atoms. The zero-order valence-electron chi connectivity index (χ0n) is 10.1. The SMILES string of the molecule is CC(F)(F)CCC(C)(C)[CH]c1ccccc1. The first kappa shape index (κ1) is 13.1. The first-order valence-electron chi connectivity index (χ1n) is 5.57. The summed E-state index contributed by atoms with van der Waals surface area (Å²) in [4.78, 5) is 0. The van der Waals surface area contributed by atoms with Gasteiger partial charge in [-0.15, -0.1) is 0 Å². The molecule has 1 aromatic carbocycles. The molecular formula is C14H19F2. The van der Waals surface area contributed by atoms with E-state index in [1.54, 1.807) is 0 Å². The maximum Gasteiger partial charge on any atom is 0.245 e. The van der Waals surface area contributed by atoms with Crippen LogP contribution < -0.4 is 0 Å². The van der Waals surface area contributed by atoms with Gasteiger partial charge in [-0.3, -0.25) is 0 Å². The smallest absolute Gasteiger partial charge is 0.207 e. The monoisotopic (exact) mass is 225 g/mol. The van der Waals surface area contributed by atoms with E-state index in [-0.39, 0.29) is 11.8 Å². The van der Waals surface area contributed by atoms with Gasteiger partial charge in [0.05, 0.1) is 0 Å². The van der Waals surface area contributed by atoms with Crippen LogP contribution in [0.25, 0.3) is 0 Å². The van der Waals surface area contributed by atoms with Gasteiger partial charge in [-0.05, 0) is 30.7 Å². The molecule has 2 heteroatoms. The second-order valence-electron chi connectivity index (χ2n) is 5.11. The molecule has 1 rings (SSSR count). The van der Waals surface area contributed by atoms with Gasteiger partial charge in [-0.1, -0.05) is 44.2 Å². The van der Waals surface area contributed by atoms with Crippen molar-refractivity contribution in [3.63, 3.8) is 0 Å². The van der Waals surface area contributed by atoms with E-state index in [1.807, 2.05) is 44.2 Å². The highest BCUT2D eigenvalue weighted by Crippen LogP contribution is 2.33. The summed E-state index contributed by atoms with van der Waals surface area (Å²) >= 11 is 0. The van der Waals surface area contributed by atoms with E-state index in [9.17, 15) is 8.78 Å². The van der Waals surface area contributed by atoms with Crippen LogP contribution >= 0.6 is 0 Å². The minimum atomic E-state index is -2.57. The third-order valence-electron chi connectivity index (χ3n) is 2.57. The maximum absolute atomic E-state index is 12.8. The van der Waals surface area contributed by atoms with Crippen LogP contribution in [-0.2, 0) is 0 Å². The van der Waals surface area contributed by atoms with Gasteiger partial charge in [0.1, 0.15) is 0 Å². The van der Waals surface area contributed by atoms with Crippen molar-refractivity contribution >= 4 is 0 Å². The summed E-state index contributed by atoms with van der Waals surface area (Å²) in [6, 6.07) is 9.84. The molecule has 0 aliphatic carbocycles. The Morgan fingerprint density at radius 3 is 2.06 bits per heavy atom. The molecule has 0 fully saturated rings. The van der Waals surface area contributed by atoms with Crippen molar-refractivity contribution in [3.8, 4) is 0 Å². The van der Waals surface area contributed by atoms with E-state index < -0.39 is 5.92 Å². The second kappa shape index (κ2) is 4.94. The standard InChI is InChI=1S/C14H19F2/c1-13(2,9-10-14(3,15)16)11-12-7-5-4-6-8-12/h4-8,11H,9-10H2,1-3H3. The van der Waals surface area contributed by atoms with Gasteiger partial charge in [0.2, 0.25) is 5.92 Å². The van der Waals surface area contributed by atoms with E-state index in [0.717, 1.165) is 12.5 Å². The van der Waals surface area contributed by atoms with Crippen molar-refractivity contribution in [2.45, 2.75) is 39.5 Å². The van der Waals surface area contributed by atoms with E-state index >= 15 is 0 Å². The molecule has 89 valence electrons. The van der Waals surface area contributed by atoms with Gasteiger partial charge < -0.3 is 0 Å². The van der Waals surface area contributed by atoms with Crippen LogP contribution in [0.2, 0.25) is 0 Å². The Morgan fingerprint density at radius 1 is 1.00 bits per heavy atom. The van der Waals surface area contributed by atoms with Gasteiger partial charge in [0.25, 0.3) is 0 Å². The topological polar surface area (TPSA) is 0 Å². The van der Waals surface area contributed by atoms with E-state index in [1.165, 1.54) is 0 Å². The fourth-order valence-electron chi connectivity index (χ4n) is 1.61. The molecule has 0 saturated heterocycles. The number of hydrogen-bond acceptors (Lipinski definition) is 0. The van der Waals surface area contributed by atoms with Crippen LogP contribution in [0.4, 0.5) is 8.78 Å². The fourth-order valence-corrected chi connectivity index (χ4v) is 1.61. The number of hydrogen-bond donors (Lipinski definition) is 0. The molecule has 16 heavy (non-hydrogen) atoms. The van der Waals surface area contributed by atoms with Crippen molar-refractivity contribution in [1.82, 2.24) is 0 Å². The molecular weight excluding hydrogens is 206 g/mol. The van der Waals surface area contributed by atoms with Crippen molar-refractivity contribution in [3.05, 3.63) is 42.3 Å². The normalized spacial score (nSPS) is 12.8.